The van der Waals surface area contributed by atoms with Gasteiger partial charge >= 0.3 is 0 Å². The Morgan fingerprint density at radius 1 is 1.53 bits per heavy atom. The lowest BCUT2D eigenvalue weighted by Crippen LogP contribution is -2.41. The summed E-state index contributed by atoms with van der Waals surface area (Å²) in [6, 6.07) is 1.65. The van der Waals surface area contributed by atoms with Crippen molar-refractivity contribution in [3.05, 3.63) is 22.6 Å². The Morgan fingerprint density at radius 2 is 2.32 bits per heavy atom. The number of nitrogens with one attached hydrogen (secondary N) is 2. The Kier molecular flexibility index (Phi) is 5.01. The van der Waals surface area contributed by atoms with Gasteiger partial charge in [0.25, 0.3) is 5.56 Å². The van der Waals surface area contributed by atoms with Crippen LogP contribution in [-0.2, 0) is 4.79 Å². The van der Waals surface area contributed by atoms with Gasteiger partial charge in [0, 0.05) is 18.3 Å². The Balaban J connectivity index is 1.79. The van der Waals surface area contributed by atoms with Crippen molar-refractivity contribution in [2.45, 2.75) is 43.8 Å². The normalized spacial score (nSPS) is 23.0. The third-order valence-electron chi connectivity index (χ3n) is 3.45. The molecule has 1 aliphatic carbocycles. The molecule has 1 heterocycles. The van der Waals surface area contributed by atoms with Gasteiger partial charge in [-0.15, -0.1) is 0 Å². The second-order valence-corrected chi connectivity index (χ2v) is 5.93. The highest BCUT2D eigenvalue weighted by Gasteiger charge is 2.22. The number of rotatable bonds is 4. The molecule has 19 heavy (non-hydrogen) atoms. The van der Waals surface area contributed by atoms with Gasteiger partial charge in [-0.1, -0.05) is 31.5 Å². The summed E-state index contributed by atoms with van der Waals surface area (Å²) < 4.78 is 0. The molecule has 2 atom stereocenters. The second-order valence-electron chi connectivity index (χ2n) is 4.96. The molecule has 1 aromatic rings. The van der Waals surface area contributed by atoms with Gasteiger partial charge in [0.1, 0.15) is 0 Å². The van der Waals surface area contributed by atoms with E-state index in [1.807, 2.05) is 0 Å². The molecule has 5 nitrogen and oxygen atoms in total. The van der Waals surface area contributed by atoms with Crippen molar-refractivity contribution in [2.24, 2.45) is 5.92 Å². The average Bonchev–Trinajstić information content (AvgIpc) is 2.39. The third kappa shape index (κ3) is 4.38. The van der Waals surface area contributed by atoms with Crippen LogP contribution in [0.15, 0.2) is 22.2 Å². The molecule has 104 valence electrons. The molecule has 0 unspecified atom stereocenters. The smallest absolute Gasteiger partial charge is 0.251 e. The number of hydrogen-bond donors (Lipinski definition) is 2. The zero-order valence-corrected chi connectivity index (χ0v) is 11.8. The highest BCUT2D eigenvalue weighted by Crippen LogP contribution is 2.23. The molecule has 0 aliphatic heterocycles. The van der Waals surface area contributed by atoms with Crippen LogP contribution in [0.5, 0.6) is 0 Å². The maximum absolute atomic E-state index is 11.9. The summed E-state index contributed by atoms with van der Waals surface area (Å²) in [5.41, 5.74) is -0.196. The van der Waals surface area contributed by atoms with Crippen molar-refractivity contribution in [2.75, 3.05) is 5.75 Å². The van der Waals surface area contributed by atoms with Gasteiger partial charge in [0.05, 0.1) is 5.75 Å². The Labute approximate surface area is 116 Å². The minimum absolute atomic E-state index is 0.00949. The first-order valence-corrected chi connectivity index (χ1v) is 7.61. The first-order valence-electron chi connectivity index (χ1n) is 6.62. The molecule has 0 spiro atoms. The highest BCUT2D eigenvalue weighted by molar-refractivity contribution is 7.99. The lowest BCUT2D eigenvalue weighted by atomic mass is 9.86. The van der Waals surface area contributed by atoms with Crippen LogP contribution in [0.25, 0.3) is 0 Å². The molecule has 1 fully saturated rings. The fourth-order valence-electron chi connectivity index (χ4n) is 2.34. The van der Waals surface area contributed by atoms with Crippen LogP contribution in [0.4, 0.5) is 0 Å². The Bertz CT molecular complexity index is 489. The van der Waals surface area contributed by atoms with E-state index >= 15 is 0 Å². The summed E-state index contributed by atoms with van der Waals surface area (Å²) in [4.78, 5) is 29.5. The van der Waals surface area contributed by atoms with Gasteiger partial charge in [0.15, 0.2) is 5.16 Å². The van der Waals surface area contributed by atoms with E-state index in [1.54, 1.807) is 0 Å². The molecule has 2 N–H and O–H groups in total. The molecule has 1 aliphatic rings. The van der Waals surface area contributed by atoms with Gasteiger partial charge in [0.2, 0.25) is 5.91 Å². The fraction of sp³-hybridized carbons (Fsp3) is 0.615. The number of hydrogen-bond acceptors (Lipinski definition) is 4. The number of aromatic amines is 1. The van der Waals surface area contributed by atoms with Crippen LogP contribution < -0.4 is 10.9 Å². The van der Waals surface area contributed by atoms with Crippen LogP contribution >= 0.6 is 11.8 Å². The number of thioether (sulfide) groups is 1. The number of carbonyl (C=O) groups is 1. The van der Waals surface area contributed by atoms with Crippen molar-refractivity contribution in [1.82, 2.24) is 15.3 Å². The largest absolute Gasteiger partial charge is 0.352 e. The summed E-state index contributed by atoms with van der Waals surface area (Å²) in [5, 5.41) is 3.56. The van der Waals surface area contributed by atoms with Gasteiger partial charge < -0.3 is 10.3 Å². The van der Waals surface area contributed by atoms with E-state index in [4.69, 9.17) is 0 Å². The first-order chi connectivity index (χ1) is 9.15. The molecule has 0 radical (unpaired) electrons. The number of nitrogens with zero attached hydrogens (tertiary/aromatic N) is 1. The van der Waals surface area contributed by atoms with Crippen LogP contribution in [0.3, 0.4) is 0 Å². The van der Waals surface area contributed by atoms with E-state index in [2.05, 4.69) is 22.2 Å². The first kappa shape index (κ1) is 14.1. The summed E-state index contributed by atoms with van der Waals surface area (Å²) in [6.07, 6.45) is 6.15. The van der Waals surface area contributed by atoms with Crippen LogP contribution in [-0.4, -0.2) is 27.7 Å². The predicted octanol–water partition coefficient (Wildman–Crippen LogP) is 1.56. The number of carbonyl (C=O) groups excluding carboxylic acids is 1. The van der Waals surface area contributed by atoms with E-state index in [0.717, 1.165) is 6.42 Å². The maximum Gasteiger partial charge on any atom is 0.251 e. The summed E-state index contributed by atoms with van der Waals surface area (Å²) in [7, 11) is 0. The van der Waals surface area contributed by atoms with Crippen LogP contribution in [0.1, 0.15) is 32.6 Å². The van der Waals surface area contributed by atoms with E-state index in [-0.39, 0.29) is 17.2 Å². The Hall–Kier alpha value is -1.30. The molecule has 1 saturated carbocycles. The second kappa shape index (κ2) is 6.75. The maximum atomic E-state index is 11.9. The quantitative estimate of drug-likeness (QED) is 0.649. The fourth-order valence-corrected chi connectivity index (χ4v) is 3.00. The third-order valence-corrected chi connectivity index (χ3v) is 4.33. The minimum Gasteiger partial charge on any atom is -0.352 e. The van der Waals surface area contributed by atoms with Crippen LogP contribution in [0, 0.1) is 5.92 Å². The van der Waals surface area contributed by atoms with Crippen molar-refractivity contribution in [1.29, 1.82) is 0 Å². The molecular formula is C13H19N3O2S. The van der Waals surface area contributed by atoms with Crippen molar-refractivity contribution >= 4 is 17.7 Å². The van der Waals surface area contributed by atoms with E-state index in [0.29, 0.717) is 17.1 Å². The molecule has 6 heteroatoms. The highest BCUT2D eigenvalue weighted by atomic mass is 32.2. The van der Waals surface area contributed by atoms with Gasteiger partial charge in [-0.05, 0) is 18.8 Å². The molecule has 2 rings (SSSR count). The lowest BCUT2D eigenvalue weighted by Gasteiger charge is -2.29. The predicted molar refractivity (Wildman–Crippen MR) is 75.1 cm³/mol. The van der Waals surface area contributed by atoms with Gasteiger partial charge in [-0.25, -0.2) is 4.98 Å². The van der Waals surface area contributed by atoms with Crippen LogP contribution in [0.2, 0.25) is 0 Å². The number of H-pyrrole nitrogens is 1. The summed E-state index contributed by atoms with van der Waals surface area (Å²) in [5.74, 6) is 0.850. The molecule has 0 saturated heterocycles. The zero-order valence-electron chi connectivity index (χ0n) is 11.0. The summed E-state index contributed by atoms with van der Waals surface area (Å²) in [6.45, 7) is 2.19. The van der Waals surface area contributed by atoms with Gasteiger partial charge in [-0.3, -0.25) is 9.59 Å². The number of aromatic nitrogens is 2. The SMILES string of the molecule is C[C@@H]1CCCC[C@H]1NC(=O)CSc1nccc(=O)[nH]1. The minimum atomic E-state index is -0.196. The summed E-state index contributed by atoms with van der Waals surface area (Å²) >= 11 is 1.25. The molecule has 1 amide bonds. The molecular weight excluding hydrogens is 262 g/mol. The van der Waals surface area contributed by atoms with Crippen molar-refractivity contribution in [3.8, 4) is 0 Å². The van der Waals surface area contributed by atoms with E-state index in [9.17, 15) is 9.59 Å². The molecule has 0 aromatic carbocycles. The van der Waals surface area contributed by atoms with E-state index < -0.39 is 0 Å². The van der Waals surface area contributed by atoms with Crippen molar-refractivity contribution < 1.29 is 4.79 Å². The number of amides is 1. The monoisotopic (exact) mass is 281 g/mol. The average molecular weight is 281 g/mol. The Morgan fingerprint density at radius 3 is 3.05 bits per heavy atom. The van der Waals surface area contributed by atoms with E-state index in [1.165, 1.54) is 43.3 Å². The molecule has 0 bridgehead atoms. The zero-order chi connectivity index (χ0) is 13.7. The molecule has 1 aromatic heterocycles. The van der Waals surface area contributed by atoms with Crippen molar-refractivity contribution in [3.63, 3.8) is 0 Å². The standard InChI is InChI=1S/C13H19N3O2S/c1-9-4-2-3-5-10(9)15-12(18)8-19-13-14-7-6-11(17)16-13/h6-7,9-10H,2-5,8H2,1H3,(H,15,18)(H,14,16,17)/t9-,10-/m1/s1. The van der Waals surface area contributed by atoms with Gasteiger partial charge in [-0.2, -0.15) is 0 Å². The lowest BCUT2D eigenvalue weighted by molar-refractivity contribution is -0.119. The topological polar surface area (TPSA) is 74.8 Å².